The van der Waals surface area contributed by atoms with Gasteiger partial charge in [0.2, 0.25) is 0 Å². The number of anilines is 1. The zero-order valence-corrected chi connectivity index (χ0v) is 11.3. The number of nitrogen functional groups attached to an aromatic ring is 1. The Bertz CT molecular complexity index is 729. The molecule has 0 atom stereocenters. The van der Waals surface area contributed by atoms with Crippen molar-refractivity contribution in [2.24, 2.45) is 0 Å². The highest BCUT2D eigenvalue weighted by Crippen LogP contribution is 2.24. The molecule has 0 saturated heterocycles. The summed E-state index contributed by atoms with van der Waals surface area (Å²) in [7, 11) is 0. The minimum atomic E-state index is 0.605. The van der Waals surface area contributed by atoms with E-state index in [1.54, 1.807) is 6.07 Å². The van der Waals surface area contributed by atoms with Gasteiger partial charge in [-0.3, -0.25) is 0 Å². The van der Waals surface area contributed by atoms with Gasteiger partial charge < -0.3 is 10.7 Å². The molecule has 0 radical (unpaired) electrons. The zero-order chi connectivity index (χ0) is 13.4. The first-order valence-electron chi connectivity index (χ1n) is 6.11. The molecule has 3 N–H and O–H groups in total. The standard InChI is InChI=1S/C15H14ClN3/c1-9-2-4-10(5-3-9)6-14-18-13-8-11(16)7-12(17)15(13)19-14/h2-5,7-8H,6,17H2,1H3,(H,18,19). The maximum atomic E-state index is 5.98. The molecule has 0 aliphatic carbocycles. The fourth-order valence-electron chi connectivity index (χ4n) is 2.14. The van der Waals surface area contributed by atoms with Gasteiger partial charge in [-0.1, -0.05) is 41.4 Å². The van der Waals surface area contributed by atoms with Crippen LogP contribution in [0.5, 0.6) is 0 Å². The molecule has 0 bridgehead atoms. The lowest BCUT2D eigenvalue weighted by Crippen LogP contribution is -1.90. The van der Waals surface area contributed by atoms with Gasteiger partial charge in [-0.25, -0.2) is 4.98 Å². The van der Waals surface area contributed by atoms with E-state index in [1.807, 2.05) is 6.07 Å². The molecule has 3 rings (SSSR count). The predicted octanol–water partition coefficient (Wildman–Crippen LogP) is 3.70. The normalized spacial score (nSPS) is 11.1. The number of benzene rings is 2. The lowest BCUT2D eigenvalue weighted by Gasteiger charge is -1.98. The van der Waals surface area contributed by atoms with Gasteiger partial charge in [-0.05, 0) is 24.6 Å². The van der Waals surface area contributed by atoms with Crippen LogP contribution in [-0.2, 0) is 6.42 Å². The van der Waals surface area contributed by atoms with Gasteiger partial charge in [0, 0.05) is 11.4 Å². The quantitative estimate of drug-likeness (QED) is 0.698. The summed E-state index contributed by atoms with van der Waals surface area (Å²) < 4.78 is 0. The van der Waals surface area contributed by atoms with Gasteiger partial charge in [-0.2, -0.15) is 0 Å². The minimum absolute atomic E-state index is 0.605. The molecule has 3 aromatic rings. The summed E-state index contributed by atoms with van der Waals surface area (Å²) in [6.07, 6.45) is 0.756. The SMILES string of the molecule is Cc1ccc(Cc2nc3c(N)cc(Cl)cc3[nH]2)cc1. The number of fused-ring (bicyclic) bond motifs is 1. The Kier molecular flexibility index (Phi) is 2.91. The molecular formula is C15H14ClN3. The summed E-state index contributed by atoms with van der Waals surface area (Å²) in [5.41, 5.74) is 10.7. The molecule has 3 nitrogen and oxygen atoms in total. The van der Waals surface area contributed by atoms with Crippen molar-refractivity contribution in [3.8, 4) is 0 Å². The molecule has 1 heterocycles. The number of hydrogen-bond donors (Lipinski definition) is 2. The molecule has 0 aliphatic rings. The summed E-state index contributed by atoms with van der Waals surface area (Å²) in [5, 5.41) is 0.621. The molecule has 2 aromatic carbocycles. The van der Waals surface area contributed by atoms with Crippen molar-refractivity contribution in [3.05, 3.63) is 58.4 Å². The van der Waals surface area contributed by atoms with Gasteiger partial charge in [-0.15, -0.1) is 0 Å². The Morgan fingerprint density at radius 3 is 2.68 bits per heavy atom. The highest BCUT2D eigenvalue weighted by atomic mass is 35.5. The van der Waals surface area contributed by atoms with Crippen LogP contribution in [0, 0.1) is 6.92 Å². The predicted molar refractivity (Wildman–Crippen MR) is 79.5 cm³/mol. The Hall–Kier alpha value is -2.00. The van der Waals surface area contributed by atoms with E-state index >= 15 is 0 Å². The maximum Gasteiger partial charge on any atom is 0.112 e. The summed E-state index contributed by atoms with van der Waals surface area (Å²) in [5.74, 6) is 0.896. The van der Waals surface area contributed by atoms with E-state index in [0.717, 1.165) is 23.3 Å². The third-order valence-corrected chi connectivity index (χ3v) is 3.34. The molecule has 0 spiro atoms. The van der Waals surface area contributed by atoms with Crippen LogP contribution in [0.4, 0.5) is 5.69 Å². The molecule has 4 heteroatoms. The van der Waals surface area contributed by atoms with Crippen LogP contribution in [0.25, 0.3) is 11.0 Å². The largest absolute Gasteiger partial charge is 0.397 e. The molecule has 0 unspecified atom stereocenters. The van der Waals surface area contributed by atoms with Gasteiger partial charge >= 0.3 is 0 Å². The van der Waals surface area contributed by atoms with Gasteiger partial charge in [0.15, 0.2) is 0 Å². The van der Waals surface area contributed by atoms with Gasteiger partial charge in [0.1, 0.15) is 11.3 Å². The topological polar surface area (TPSA) is 54.7 Å². The zero-order valence-electron chi connectivity index (χ0n) is 10.6. The lowest BCUT2D eigenvalue weighted by molar-refractivity contribution is 1.04. The van der Waals surface area contributed by atoms with Crippen molar-refractivity contribution < 1.29 is 0 Å². The number of H-pyrrole nitrogens is 1. The van der Waals surface area contributed by atoms with Crippen molar-refractivity contribution >= 4 is 28.3 Å². The highest BCUT2D eigenvalue weighted by Gasteiger charge is 2.07. The van der Waals surface area contributed by atoms with Crippen molar-refractivity contribution in [3.63, 3.8) is 0 Å². The first-order chi connectivity index (χ1) is 9.11. The van der Waals surface area contributed by atoms with Crippen molar-refractivity contribution in [1.29, 1.82) is 0 Å². The fraction of sp³-hybridized carbons (Fsp3) is 0.133. The number of halogens is 1. The number of nitrogens with one attached hydrogen (secondary N) is 1. The monoisotopic (exact) mass is 271 g/mol. The first-order valence-corrected chi connectivity index (χ1v) is 6.49. The van der Waals surface area contributed by atoms with Crippen LogP contribution < -0.4 is 5.73 Å². The Morgan fingerprint density at radius 2 is 1.95 bits per heavy atom. The third kappa shape index (κ3) is 2.42. The molecule has 0 fully saturated rings. The average Bonchev–Trinajstić information content (AvgIpc) is 2.75. The second-order valence-corrected chi connectivity index (χ2v) is 5.17. The lowest BCUT2D eigenvalue weighted by atomic mass is 10.1. The van der Waals surface area contributed by atoms with Crippen LogP contribution in [0.1, 0.15) is 17.0 Å². The van der Waals surface area contributed by atoms with Crippen molar-refractivity contribution in [2.75, 3.05) is 5.73 Å². The third-order valence-electron chi connectivity index (χ3n) is 3.12. The van der Waals surface area contributed by atoms with E-state index in [1.165, 1.54) is 11.1 Å². The second-order valence-electron chi connectivity index (χ2n) is 4.74. The molecule has 19 heavy (non-hydrogen) atoms. The molecule has 96 valence electrons. The Morgan fingerprint density at radius 1 is 1.21 bits per heavy atom. The summed E-state index contributed by atoms with van der Waals surface area (Å²) >= 11 is 5.98. The average molecular weight is 272 g/mol. The number of nitrogens with two attached hydrogens (primary N) is 1. The van der Waals surface area contributed by atoms with E-state index in [2.05, 4.69) is 41.2 Å². The van der Waals surface area contributed by atoms with E-state index in [4.69, 9.17) is 17.3 Å². The number of imidazole rings is 1. The van der Waals surface area contributed by atoms with E-state index in [-0.39, 0.29) is 0 Å². The Labute approximate surface area is 116 Å². The van der Waals surface area contributed by atoms with Crippen molar-refractivity contribution in [2.45, 2.75) is 13.3 Å². The minimum Gasteiger partial charge on any atom is -0.397 e. The van der Waals surface area contributed by atoms with Crippen LogP contribution in [0.15, 0.2) is 36.4 Å². The highest BCUT2D eigenvalue weighted by molar-refractivity contribution is 6.31. The summed E-state index contributed by atoms with van der Waals surface area (Å²) in [4.78, 5) is 7.80. The van der Waals surface area contributed by atoms with Gasteiger partial charge in [0.05, 0.1) is 11.2 Å². The van der Waals surface area contributed by atoms with Crippen LogP contribution in [0.3, 0.4) is 0 Å². The van der Waals surface area contributed by atoms with Gasteiger partial charge in [0.25, 0.3) is 0 Å². The number of rotatable bonds is 2. The molecule has 0 amide bonds. The van der Waals surface area contributed by atoms with E-state index < -0.39 is 0 Å². The second kappa shape index (κ2) is 4.59. The summed E-state index contributed by atoms with van der Waals surface area (Å²) in [6, 6.07) is 12.0. The number of aromatic amines is 1. The molecule has 0 saturated carbocycles. The smallest absolute Gasteiger partial charge is 0.112 e. The molecule has 0 aliphatic heterocycles. The number of nitrogens with zero attached hydrogens (tertiary/aromatic N) is 1. The molecular weight excluding hydrogens is 258 g/mol. The maximum absolute atomic E-state index is 5.98. The van der Waals surface area contributed by atoms with Crippen LogP contribution in [-0.4, -0.2) is 9.97 Å². The molecule has 1 aromatic heterocycles. The first kappa shape index (κ1) is 12.1. The number of hydrogen-bond acceptors (Lipinski definition) is 2. The fourth-order valence-corrected chi connectivity index (χ4v) is 2.37. The number of aromatic nitrogens is 2. The van der Waals surface area contributed by atoms with E-state index in [0.29, 0.717) is 10.7 Å². The summed E-state index contributed by atoms with van der Waals surface area (Å²) in [6.45, 7) is 2.08. The van der Waals surface area contributed by atoms with Crippen molar-refractivity contribution in [1.82, 2.24) is 9.97 Å². The number of aryl methyl sites for hydroxylation is 1. The van der Waals surface area contributed by atoms with Crippen LogP contribution in [0.2, 0.25) is 5.02 Å². The Balaban J connectivity index is 1.97. The van der Waals surface area contributed by atoms with E-state index in [9.17, 15) is 0 Å². The van der Waals surface area contributed by atoms with Crippen LogP contribution >= 0.6 is 11.6 Å².